The summed E-state index contributed by atoms with van der Waals surface area (Å²) >= 11 is 0. The normalized spacial score (nSPS) is 11.2. The van der Waals surface area contributed by atoms with E-state index in [1.807, 2.05) is 32.0 Å². The van der Waals surface area contributed by atoms with Crippen molar-refractivity contribution in [3.8, 4) is 6.07 Å². The highest BCUT2D eigenvalue weighted by Crippen LogP contribution is 2.17. The van der Waals surface area contributed by atoms with Crippen LogP contribution in [0.3, 0.4) is 0 Å². The molecule has 1 atom stereocenters. The van der Waals surface area contributed by atoms with Gasteiger partial charge in [-0.1, -0.05) is 18.2 Å². The monoisotopic (exact) mass is 196 g/mol. The fourth-order valence-corrected chi connectivity index (χ4v) is 1.22. The average Bonchev–Trinajstić information content (AvgIpc) is 2.03. The molecule has 1 unspecified atom stereocenters. The summed E-state index contributed by atoms with van der Waals surface area (Å²) in [4.78, 5) is 0. The van der Waals surface area contributed by atoms with Gasteiger partial charge in [-0.2, -0.15) is 5.26 Å². The van der Waals surface area contributed by atoms with E-state index < -0.39 is 0 Å². The molecular formula is C10H13ClN2. The van der Waals surface area contributed by atoms with Crippen molar-refractivity contribution in [3.05, 3.63) is 34.9 Å². The Labute approximate surface area is 84.8 Å². The van der Waals surface area contributed by atoms with Gasteiger partial charge in [0, 0.05) is 6.04 Å². The summed E-state index contributed by atoms with van der Waals surface area (Å²) in [6.07, 6.45) is 0. The minimum Gasteiger partial charge on any atom is -0.324 e. The minimum absolute atomic E-state index is 0. The summed E-state index contributed by atoms with van der Waals surface area (Å²) in [5.41, 5.74) is 8.34. The molecule has 0 aliphatic rings. The second-order valence-corrected chi connectivity index (χ2v) is 2.94. The lowest BCUT2D eigenvalue weighted by Crippen LogP contribution is -2.07. The zero-order valence-corrected chi connectivity index (χ0v) is 8.56. The number of halogens is 1. The minimum atomic E-state index is -0.0699. The number of rotatable bonds is 1. The lowest BCUT2D eigenvalue weighted by molar-refractivity contribution is 0.813. The van der Waals surface area contributed by atoms with Gasteiger partial charge in [-0.25, -0.2) is 0 Å². The molecule has 13 heavy (non-hydrogen) atoms. The molecule has 0 saturated heterocycles. The van der Waals surface area contributed by atoms with Crippen molar-refractivity contribution >= 4 is 12.4 Å². The molecule has 1 aromatic carbocycles. The van der Waals surface area contributed by atoms with Gasteiger partial charge in [0.05, 0.1) is 11.6 Å². The molecular weight excluding hydrogens is 184 g/mol. The van der Waals surface area contributed by atoms with Crippen LogP contribution in [0.15, 0.2) is 18.2 Å². The van der Waals surface area contributed by atoms with Crippen molar-refractivity contribution in [2.24, 2.45) is 5.73 Å². The number of hydrogen-bond acceptors (Lipinski definition) is 2. The smallest absolute Gasteiger partial charge is 0.0997 e. The van der Waals surface area contributed by atoms with Crippen LogP contribution in [-0.2, 0) is 0 Å². The quantitative estimate of drug-likeness (QED) is 0.750. The van der Waals surface area contributed by atoms with Crippen molar-refractivity contribution < 1.29 is 0 Å². The van der Waals surface area contributed by atoms with Crippen LogP contribution >= 0.6 is 12.4 Å². The van der Waals surface area contributed by atoms with Gasteiger partial charge in [-0.3, -0.25) is 0 Å². The molecule has 2 nitrogen and oxygen atoms in total. The predicted octanol–water partition coefficient (Wildman–Crippen LogP) is 2.31. The first-order valence-corrected chi connectivity index (χ1v) is 3.92. The van der Waals surface area contributed by atoms with Crippen LogP contribution in [0.2, 0.25) is 0 Å². The van der Waals surface area contributed by atoms with Crippen LogP contribution in [0.25, 0.3) is 0 Å². The van der Waals surface area contributed by atoms with Gasteiger partial charge >= 0.3 is 0 Å². The standard InChI is InChI=1S/C10H12N2.ClH/c1-7-4-3-5-9(8(2)12)10(7)6-11;/h3-5,8H,12H2,1-2H3;1H. The molecule has 0 spiro atoms. The van der Waals surface area contributed by atoms with Crippen LogP contribution < -0.4 is 5.73 Å². The molecule has 0 bridgehead atoms. The molecule has 0 aliphatic carbocycles. The van der Waals surface area contributed by atoms with Crippen LogP contribution in [-0.4, -0.2) is 0 Å². The Morgan fingerprint density at radius 2 is 2.08 bits per heavy atom. The van der Waals surface area contributed by atoms with Gasteiger partial charge < -0.3 is 5.73 Å². The zero-order chi connectivity index (χ0) is 9.14. The van der Waals surface area contributed by atoms with E-state index in [9.17, 15) is 0 Å². The van der Waals surface area contributed by atoms with Crippen molar-refractivity contribution in [2.75, 3.05) is 0 Å². The predicted molar refractivity (Wildman–Crippen MR) is 55.7 cm³/mol. The Kier molecular flexibility index (Phi) is 4.47. The fourth-order valence-electron chi connectivity index (χ4n) is 1.22. The van der Waals surface area contributed by atoms with E-state index in [0.717, 1.165) is 11.1 Å². The van der Waals surface area contributed by atoms with E-state index in [1.54, 1.807) is 0 Å². The Morgan fingerprint density at radius 3 is 2.46 bits per heavy atom. The third kappa shape index (κ3) is 2.45. The summed E-state index contributed by atoms with van der Waals surface area (Å²) in [5, 5.41) is 8.84. The number of hydrogen-bond donors (Lipinski definition) is 1. The van der Waals surface area contributed by atoms with E-state index in [2.05, 4.69) is 6.07 Å². The van der Waals surface area contributed by atoms with Crippen LogP contribution in [0.5, 0.6) is 0 Å². The first-order chi connectivity index (χ1) is 5.66. The molecule has 0 heterocycles. The van der Waals surface area contributed by atoms with Crippen molar-refractivity contribution in [1.82, 2.24) is 0 Å². The Bertz CT molecular complexity index is 326. The topological polar surface area (TPSA) is 49.8 Å². The molecule has 1 aromatic rings. The highest BCUT2D eigenvalue weighted by atomic mass is 35.5. The molecule has 0 fully saturated rings. The van der Waals surface area contributed by atoms with Crippen LogP contribution in [0, 0.1) is 18.3 Å². The molecule has 3 heteroatoms. The van der Waals surface area contributed by atoms with Gasteiger partial charge in [0.2, 0.25) is 0 Å². The van der Waals surface area contributed by atoms with Gasteiger partial charge in [0.15, 0.2) is 0 Å². The fraction of sp³-hybridized carbons (Fsp3) is 0.300. The lowest BCUT2D eigenvalue weighted by Gasteiger charge is -2.08. The summed E-state index contributed by atoms with van der Waals surface area (Å²) in [6, 6.07) is 7.84. The van der Waals surface area contributed by atoms with E-state index >= 15 is 0 Å². The highest BCUT2D eigenvalue weighted by Gasteiger charge is 2.07. The number of nitriles is 1. The number of nitrogens with zero attached hydrogens (tertiary/aromatic N) is 1. The second kappa shape index (κ2) is 4.86. The molecule has 0 radical (unpaired) electrons. The summed E-state index contributed by atoms with van der Waals surface area (Å²) in [5.74, 6) is 0. The molecule has 0 aliphatic heterocycles. The SMILES string of the molecule is Cc1cccc(C(C)N)c1C#N.Cl. The molecule has 0 saturated carbocycles. The first-order valence-electron chi connectivity index (χ1n) is 3.92. The van der Waals surface area contributed by atoms with Gasteiger partial charge in [0.25, 0.3) is 0 Å². The highest BCUT2D eigenvalue weighted by molar-refractivity contribution is 5.85. The van der Waals surface area contributed by atoms with Crippen LogP contribution in [0.1, 0.15) is 29.7 Å². The Balaban J connectivity index is 0.00000144. The van der Waals surface area contributed by atoms with E-state index in [-0.39, 0.29) is 18.4 Å². The van der Waals surface area contributed by atoms with Crippen molar-refractivity contribution in [2.45, 2.75) is 19.9 Å². The van der Waals surface area contributed by atoms with Gasteiger partial charge in [-0.05, 0) is 25.0 Å². The molecule has 70 valence electrons. The van der Waals surface area contributed by atoms with Gasteiger partial charge in [-0.15, -0.1) is 12.4 Å². The molecule has 0 amide bonds. The third-order valence-electron chi connectivity index (χ3n) is 1.91. The van der Waals surface area contributed by atoms with E-state index in [0.29, 0.717) is 5.56 Å². The largest absolute Gasteiger partial charge is 0.324 e. The average molecular weight is 197 g/mol. The maximum Gasteiger partial charge on any atom is 0.0997 e. The summed E-state index contributed by atoms with van der Waals surface area (Å²) < 4.78 is 0. The maximum absolute atomic E-state index is 8.84. The van der Waals surface area contributed by atoms with Crippen molar-refractivity contribution in [3.63, 3.8) is 0 Å². The second-order valence-electron chi connectivity index (χ2n) is 2.94. The number of nitrogens with two attached hydrogens (primary N) is 1. The van der Waals surface area contributed by atoms with Gasteiger partial charge in [0.1, 0.15) is 0 Å². The lowest BCUT2D eigenvalue weighted by atomic mass is 9.99. The summed E-state index contributed by atoms with van der Waals surface area (Å²) in [6.45, 7) is 3.81. The molecule has 0 aromatic heterocycles. The molecule has 2 N–H and O–H groups in total. The molecule has 1 rings (SSSR count). The first kappa shape index (κ1) is 12.0. The van der Waals surface area contributed by atoms with Crippen LogP contribution in [0.4, 0.5) is 0 Å². The Morgan fingerprint density at radius 1 is 1.46 bits per heavy atom. The maximum atomic E-state index is 8.84. The summed E-state index contributed by atoms with van der Waals surface area (Å²) in [7, 11) is 0. The number of aryl methyl sites for hydroxylation is 1. The number of benzene rings is 1. The van der Waals surface area contributed by atoms with E-state index in [4.69, 9.17) is 11.0 Å². The third-order valence-corrected chi connectivity index (χ3v) is 1.91. The zero-order valence-electron chi connectivity index (χ0n) is 7.74. The van der Waals surface area contributed by atoms with E-state index in [1.165, 1.54) is 0 Å². The van der Waals surface area contributed by atoms with Crippen molar-refractivity contribution in [1.29, 1.82) is 5.26 Å². The Hall–Kier alpha value is -1.04.